The van der Waals surface area contributed by atoms with Gasteiger partial charge in [0.05, 0.1) is 0 Å². The van der Waals surface area contributed by atoms with Gasteiger partial charge in [0.25, 0.3) is 0 Å². The van der Waals surface area contributed by atoms with Gasteiger partial charge in [-0.3, -0.25) is 4.99 Å². The van der Waals surface area contributed by atoms with Crippen LogP contribution < -0.4 is 10.6 Å². The van der Waals surface area contributed by atoms with Crippen molar-refractivity contribution in [2.75, 3.05) is 33.7 Å². The van der Waals surface area contributed by atoms with E-state index >= 15 is 0 Å². The number of rotatable bonds is 8. The molecule has 0 heterocycles. The van der Waals surface area contributed by atoms with Gasteiger partial charge in [0.15, 0.2) is 5.96 Å². The lowest BCUT2D eigenvalue weighted by Gasteiger charge is -2.20. The third-order valence-corrected chi connectivity index (χ3v) is 3.01. The summed E-state index contributed by atoms with van der Waals surface area (Å²) in [7, 11) is 4.00. The van der Waals surface area contributed by atoms with Crippen LogP contribution >= 0.6 is 24.0 Å². The highest BCUT2D eigenvalue weighted by atomic mass is 127. The minimum atomic E-state index is 0. The molecule has 0 rings (SSSR count). The van der Waals surface area contributed by atoms with Crippen LogP contribution in [-0.2, 0) is 0 Å². The molecule has 19 heavy (non-hydrogen) atoms. The highest BCUT2D eigenvalue weighted by molar-refractivity contribution is 14.0. The second-order valence-corrected chi connectivity index (χ2v) is 5.56. The molecule has 0 unspecified atom stereocenters. The van der Waals surface area contributed by atoms with Crippen LogP contribution in [0.25, 0.3) is 0 Å². The zero-order valence-electron chi connectivity index (χ0n) is 13.5. The molecule has 0 aromatic heterocycles. The summed E-state index contributed by atoms with van der Waals surface area (Å²) in [5.74, 6) is 1.56. The van der Waals surface area contributed by atoms with E-state index in [1.54, 1.807) is 0 Å². The molecule has 0 bridgehead atoms. The van der Waals surface area contributed by atoms with Crippen LogP contribution in [0.3, 0.4) is 0 Å². The minimum absolute atomic E-state index is 0. The Balaban J connectivity index is 0. The van der Waals surface area contributed by atoms with Crippen molar-refractivity contribution in [2.45, 2.75) is 46.6 Å². The van der Waals surface area contributed by atoms with Crippen molar-refractivity contribution in [3.8, 4) is 0 Å². The number of guanidine groups is 1. The van der Waals surface area contributed by atoms with E-state index in [1.807, 2.05) is 7.05 Å². The minimum Gasteiger partial charge on any atom is -0.356 e. The van der Waals surface area contributed by atoms with Gasteiger partial charge in [-0.1, -0.05) is 13.8 Å². The number of aliphatic imine (C=N–C) groups is 1. The van der Waals surface area contributed by atoms with Crippen LogP contribution in [0, 0.1) is 5.92 Å². The van der Waals surface area contributed by atoms with Crippen LogP contribution in [-0.4, -0.2) is 50.6 Å². The van der Waals surface area contributed by atoms with Crippen molar-refractivity contribution < 1.29 is 0 Å². The Hall–Kier alpha value is -0.0400. The molecule has 0 amide bonds. The van der Waals surface area contributed by atoms with Crippen molar-refractivity contribution >= 4 is 29.9 Å². The molecule has 0 aliphatic rings. The van der Waals surface area contributed by atoms with Gasteiger partial charge in [-0.05, 0) is 46.2 Å². The molecule has 0 saturated carbocycles. The molecule has 0 aliphatic carbocycles. The normalized spacial score (nSPS) is 11.9. The van der Waals surface area contributed by atoms with Gasteiger partial charge >= 0.3 is 0 Å². The first-order valence-electron chi connectivity index (χ1n) is 7.12. The Kier molecular flexibility index (Phi) is 14.5. The molecule has 0 aromatic carbocycles. The molecule has 0 fully saturated rings. The highest BCUT2D eigenvalue weighted by Crippen LogP contribution is 1.97. The van der Waals surface area contributed by atoms with Crippen LogP contribution in [0.1, 0.15) is 40.5 Å². The summed E-state index contributed by atoms with van der Waals surface area (Å²) in [6, 6.07) is 0.637. The average molecular weight is 384 g/mol. The molecule has 5 heteroatoms. The van der Waals surface area contributed by atoms with Gasteiger partial charge in [0.2, 0.25) is 0 Å². The summed E-state index contributed by atoms with van der Waals surface area (Å²) < 4.78 is 0. The van der Waals surface area contributed by atoms with Gasteiger partial charge in [0, 0.05) is 26.2 Å². The van der Waals surface area contributed by atoms with Gasteiger partial charge < -0.3 is 15.5 Å². The Bertz CT molecular complexity index is 229. The van der Waals surface area contributed by atoms with Crippen molar-refractivity contribution in [2.24, 2.45) is 10.9 Å². The van der Waals surface area contributed by atoms with Crippen molar-refractivity contribution in [1.82, 2.24) is 15.5 Å². The van der Waals surface area contributed by atoms with E-state index in [2.05, 4.69) is 55.3 Å². The molecule has 4 nitrogen and oxygen atoms in total. The quantitative estimate of drug-likeness (QED) is 0.293. The van der Waals surface area contributed by atoms with Crippen LogP contribution in [0.4, 0.5) is 0 Å². The first-order chi connectivity index (χ1) is 8.47. The van der Waals surface area contributed by atoms with Gasteiger partial charge in [0.1, 0.15) is 0 Å². The van der Waals surface area contributed by atoms with Gasteiger partial charge in [-0.2, -0.15) is 0 Å². The zero-order valence-corrected chi connectivity index (χ0v) is 15.8. The molecular weight excluding hydrogens is 351 g/mol. The second kappa shape index (κ2) is 13.0. The summed E-state index contributed by atoms with van der Waals surface area (Å²) in [5, 5.41) is 6.66. The van der Waals surface area contributed by atoms with E-state index in [0.717, 1.165) is 25.6 Å². The third-order valence-electron chi connectivity index (χ3n) is 3.01. The predicted molar refractivity (Wildman–Crippen MR) is 96.6 cm³/mol. The number of hydrogen-bond acceptors (Lipinski definition) is 2. The molecule has 0 aliphatic heterocycles. The van der Waals surface area contributed by atoms with Crippen molar-refractivity contribution in [1.29, 1.82) is 0 Å². The highest BCUT2D eigenvalue weighted by Gasteiger charge is 2.02. The van der Waals surface area contributed by atoms with Gasteiger partial charge in [-0.25, -0.2) is 0 Å². The topological polar surface area (TPSA) is 39.7 Å². The molecule has 0 aromatic rings. The van der Waals surface area contributed by atoms with E-state index in [4.69, 9.17) is 0 Å². The molecule has 0 atom stereocenters. The fourth-order valence-electron chi connectivity index (χ4n) is 1.47. The monoisotopic (exact) mass is 384 g/mol. The standard InChI is InChI=1S/C14H32N4.HI/c1-12(2)11-17-14(15-5)16-9-7-8-10-18(6)13(3)4;/h12-13H,7-11H2,1-6H3,(H2,15,16,17);1H. The van der Waals surface area contributed by atoms with Crippen molar-refractivity contribution in [3.63, 3.8) is 0 Å². The largest absolute Gasteiger partial charge is 0.356 e. The van der Waals surface area contributed by atoms with E-state index in [1.165, 1.54) is 12.8 Å². The lowest BCUT2D eigenvalue weighted by atomic mass is 10.2. The van der Waals surface area contributed by atoms with Crippen LogP contribution in [0.15, 0.2) is 4.99 Å². The van der Waals surface area contributed by atoms with Crippen LogP contribution in [0.2, 0.25) is 0 Å². The fraction of sp³-hybridized carbons (Fsp3) is 0.929. The Morgan fingerprint density at radius 1 is 1.11 bits per heavy atom. The number of nitrogens with one attached hydrogen (secondary N) is 2. The predicted octanol–water partition coefficient (Wildman–Crippen LogP) is 2.55. The maximum absolute atomic E-state index is 4.20. The summed E-state index contributed by atoms with van der Waals surface area (Å²) >= 11 is 0. The molecular formula is C14H33IN4. The molecule has 116 valence electrons. The summed E-state index contributed by atoms with van der Waals surface area (Å²) in [5.41, 5.74) is 0. The first kappa shape index (κ1) is 21.3. The molecule has 0 radical (unpaired) electrons. The Morgan fingerprint density at radius 2 is 1.74 bits per heavy atom. The average Bonchev–Trinajstić information content (AvgIpc) is 2.31. The lowest BCUT2D eigenvalue weighted by molar-refractivity contribution is 0.268. The molecule has 2 N–H and O–H groups in total. The summed E-state index contributed by atoms with van der Waals surface area (Å²) in [4.78, 5) is 6.59. The Labute approximate surface area is 136 Å². The first-order valence-corrected chi connectivity index (χ1v) is 7.12. The van der Waals surface area contributed by atoms with E-state index in [-0.39, 0.29) is 24.0 Å². The maximum Gasteiger partial charge on any atom is 0.190 e. The molecule has 0 spiro atoms. The smallest absolute Gasteiger partial charge is 0.190 e. The SMILES string of the molecule is CN=C(NCCCCN(C)C(C)C)NCC(C)C.I. The summed E-state index contributed by atoms with van der Waals surface area (Å²) in [6.45, 7) is 12.0. The van der Waals surface area contributed by atoms with E-state index < -0.39 is 0 Å². The van der Waals surface area contributed by atoms with Gasteiger partial charge in [-0.15, -0.1) is 24.0 Å². The zero-order chi connectivity index (χ0) is 14.0. The van der Waals surface area contributed by atoms with Crippen LogP contribution in [0.5, 0.6) is 0 Å². The van der Waals surface area contributed by atoms with E-state index in [0.29, 0.717) is 12.0 Å². The Morgan fingerprint density at radius 3 is 2.21 bits per heavy atom. The summed E-state index contributed by atoms with van der Waals surface area (Å²) in [6.07, 6.45) is 2.41. The number of halogens is 1. The fourth-order valence-corrected chi connectivity index (χ4v) is 1.47. The number of unbranched alkanes of at least 4 members (excludes halogenated alkanes) is 1. The molecule has 0 saturated heterocycles. The second-order valence-electron chi connectivity index (χ2n) is 5.56. The number of nitrogens with zero attached hydrogens (tertiary/aromatic N) is 2. The lowest BCUT2D eigenvalue weighted by Crippen LogP contribution is -2.39. The van der Waals surface area contributed by atoms with Crippen molar-refractivity contribution in [3.05, 3.63) is 0 Å². The maximum atomic E-state index is 4.20. The van der Waals surface area contributed by atoms with E-state index in [9.17, 15) is 0 Å². The third kappa shape index (κ3) is 12.7. The number of hydrogen-bond donors (Lipinski definition) is 2.